The van der Waals surface area contributed by atoms with Crippen LogP contribution in [0.1, 0.15) is 43.5 Å². The summed E-state index contributed by atoms with van der Waals surface area (Å²) in [5.74, 6) is 1.37. The highest BCUT2D eigenvalue weighted by Crippen LogP contribution is 2.36. The molecule has 35 heavy (non-hydrogen) atoms. The third-order valence-corrected chi connectivity index (χ3v) is 7.78. The maximum absolute atomic E-state index is 13.7. The molecule has 3 aromatic rings. The van der Waals surface area contributed by atoms with Gasteiger partial charge in [-0.3, -0.25) is 14.5 Å². The number of benzene rings is 1. The number of anilines is 3. The van der Waals surface area contributed by atoms with Crippen LogP contribution in [0.3, 0.4) is 0 Å². The molecule has 0 saturated carbocycles. The Morgan fingerprint density at radius 2 is 1.91 bits per heavy atom. The number of aryl methyl sites for hydroxylation is 2. The summed E-state index contributed by atoms with van der Waals surface area (Å²) >= 11 is 1.67. The highest BCUT2D eigenvalue weighted by molar-refractivity contribution is 7.18. The largest absolute Gasteiger partial charge is 0.350 e. The molecule has 3 heterocycles. The highest BCUT2D eigenvalue weighted by Gasteiger charge is 2.30. The van der Waals surface area contributed by atoms with Gasteiger partial charge in [0.15, 0.2) is 0 Å². The third-order valence-electron chi connectivity index (χ3n) is 6.68. The number of amides is 2. The Morgan fingerprint density at radius 1 is 1.20 bits per heavy atom. The normalized spacial score (nSPS) is 15.8. The van der Waals surface area contributed by atoms with Gasteiger partial charge in [-0.05, 0) is 51.6 Å². The number of carbonyl (C=O) groups excluding carboxylic acids is 2. The molecular formula is C26H34N6O2S. The Labute approximate surface area is 211 Å². The van der Waals surface area contributed by atoms with Crippen LogP contribution in [0.15, 0.2) is 24.3 Å². The summed E-state index contributed by atoms with van der Waals surface area (Å²) in [7, 11) is 1.91. The van der Waals surface area contributed by atoms with Gasteiger partial charge in [0.1, 0.15) is 16.5 Å². The van der Waals surface area contributed by atoms with E-state index in [1.54, 1.807) is 16.2 Å². The summed E-state index contributed by atoms with van der Waals surface area (Å²) in [5.41, 5.74) is 2.53. The lowest BCUT2D eigenvalue weighted by Gasteiger charge is -2.30. The first-order valence-electron chi connectivity index (χ1n) is 12.1. The van der Waals surface area contributed by atoms with Crippen molar-refractivity contribution >= 4 is 50.6 Å². The summed E-state index contributed by atoms with van der Waals surface area (Å²) in [6.45, 7) is 13.0. The molecule has 1 N–H and O–H groups in total. The summed E-state index contributed by atoms with van der Waals surface area (Å²) < 4.78 is 0. The number of para-hydroxylation sites is 2. The predicted octanol–water partition coefficient (Wildman–Crippen LogP) is 4.35. The molecule has 1 aliphatic heterocycles. The lowest BCUT2D eigenvalue weighted by molar-refractivity contribution is -0.118. The van der Waals surface area contributed by atoms with Gasteiger partial charge in [0.25, 0.3) is 0 Å². The number of nitrogens with one attached hydrogen (secondary N) is 1. The first-order chi connectivity index (χ1) is 16.7. The van der Waals surface area contributed by atoms with Gasteiger partial charge in [-0.15, -0.1) is 11.3 Å². The van der Waals surface area contributed by atoms with Crippen LogP contribution in [-0.4, -0.2) is 59.4 Å². The molecule has 1 atom stereocenters. The van der Waals surface area contributed by atoms with Gasteiger partial charge in [-0.2, -0.15) is 0 Å². The number of hydrogen-bond donors (Lipinski definition) is 1. The van der Waals surface area contributed by atoms with E-state index in [0.717, 1.165) is 46.2 Å². The van der Waals surface area contributed by atoms with E-state index in [1.807, 2.05) is 43.1 Å². The van der Waals surface area contributed by atoms with Gasteiger partial charge >= 0.3 is 0 Å². The Morgan fingerprint density at radius 3 is 2.63 bits per heavy atom. The lowest BCUT2D eigenvalue weighted by Crippen LogP contribution is -2.44. The van der Waals surface area contributed by atoms with Gasteiger partial charge in [-0.25, -0.2) is 9.97 Å². The summed E-state index contributed by atoms with van der Waals surface area (Å²) in [6.07, 6.45) is 0.249. The van der Waals surface area contributed by atoms with Crippen molar-refractivity contribution in [3.8, 4) is 0 Å². The maximum Gasteiger partial charge on any atom is 0.246 e. The zero-order valence-corrected chi connectivity index (χ0v) is 22.2. The van der Waals surface area contributed by atoms with Gasteiger partial charge < -0.3 is 15.1 Å². The van der Waals surface area contributed by atoms with Gasteiger partial charge in [-0.1, -0.05) is 26.0 Å². The van der Waals surface area contributed by atoms with Crippen LogP contribution in [0.25, 0.3) is 10.2 Å². The molecule has 0 aliphatic carbocycles. The second-order valence-electron chi connectivity index (χ2n) is 9.13. The number of aromatic nitrogens is 2. The van der Waals surface area contributed by atoms with E-state index in [2.05, 4.69) is 37.9 Å². The fourth-order valence-electron chi connectivity index (χ4n) is 4.59. The van der Waals surface area contributed by atoms with Crippen LogP contribution >= 0.6 is 11.3 Å². The topological polar surface area (TPSA) is 81.7 Å². The third kappa shape index (κ3) is 5.01. The van der Waals surface area contributed by atoms with Crippen molar-refractivity contribution < 1.29 is 9.59 Å². The molecule has 8 nitrogen and oxygen atoms in total. The van der Waals surface area contributed by atoms with Crippen LogP contribution in [-0.2, 0) is 16.1 Å². The molecule has 2 aromatic heterocycles. The van der Waals surface area contributed by atoms with Crippen LogP contribution < -0.4 is 15.1 Å². The van der Waals surface area contributed by atoms with E-state index in [0.29, 0.717) is 12.2 Å². The molecule has 2 amide bonds. The van der Waals surface area contributed by atoms with E-state index >= 15 is 0 Å². The van der Waals surface area contributed by atoms with Crippen molar-refractivity contribution in [2.75, 3.05) is 41.8 Å². The number of likely N-dealkylation sites (N-methyl/N-ethyl adjacent to an activating group) is 1. The molecule has 1 aliphatic rings. The smallest absolute Gasteiger partial charge is 0.246 e. The standard InChI is InChI=1S/C26H34N6O2S/c1-7-31(8-2)14-21-28-25(24-17(4)18(5)35-26(24)29-21)30(6)15-23(34)32-16(3)13-22(33)27-19-11-9-10-12-20(19)32/h9-12,16H,7-8,13-15H2,1-6H3,(H,27,33)/t16-/m1/s1. The van der Waals surface area contributed by atoms with Crippen LogP contribution in [0, 0.1) is 13.8 Å². The second-order valence-corrected chi connectivity index (χ2v) is 10.3. The van der Waals surface area contributed by atoms with E-state index in [9.17, 15) is 9.59 Å². The van der Waals surface area contributed by atoms with E-state index in [1.165, 1.54) is 4.88 Å². The lowest BCUT2D eigenvalue weighted by atomic mass is 10.1. The zero-order chi connectivity index (χ0) is 25.3. The van der Waals surface area contributed by atoms with Crippen molar-refractivity contribution in [3.63, 3.8) is 0 Å². The first-order valence-corrected chi connectivity index (χ1v) is 13.0. The number of rotatable bonds is 7. The summed E-state index contributed by atoms with van der Waals surface area (Å²) in [6, 6.07) is 7.21. The van der Waals surface area contributed by atoms with Gasteiger partial charge in [0, 0.05) is 24.4 Å². The quantitative estimate of drug-likeness (QED) is 0.526. The van der Waals surface area contributed by atoms with E-state index < -0.39 is 0 Å². The summed E-state index contributed by atoms with van der Waals surface area (Å²) in [5, 5.41) is 3.93. The van der Waals surface area contributed by atoms with Crippen molar-refractivity contribution in [1.29, 1.82) is 0 Å². The number of hydrogen-bond acceptors (Lipinski definition) is 7. The molecule has 0 saturated heterocycles. The van der Waals surface area contributed by atoms with Crippen LogP contribution in [0.4, 0.5) is 17.2 Å². The van der Waals surface area contributed by atoms with Crippen molar-refractivity contribution in [3.05, 3.63) is 40.5 Å². The molecule has 1 aromatic carbocycles. The molecular weight excluding hydrogens is 460 g/mol. The fourth-order valence-corrected chi connectivity index (χ4v) is 5.63. The van der Waals surface area contributed by atoms with Crippen LogP contribution in [0.2, 0.25) is 0 Å². The monoisotopic (exact) mass is 494 g/mol. The van der Waals surface area contributed by atoms with Crippen molar-refractivity contribution in [1.82, 2.24) is 14.9 Å². The number of fused-ring (bicyclic) bond motifs is 2. The second kappa shape index (κ2) is 10.3. The number of thiophene rings is 1. The number of carbonyl (C=O) groups is 2. The Kier molecular flexibility index (Phi) is 7.37. The Balaban J connectivity index is 1.69. The Bertz CT molecular complexity index is 1250. The van der Waals surface area contributed by atoms with Crippen LogP contribution in [0.5, 0.6) is 0 Å². The predicted molar refractivity (Wildman–Crippen MR) is 143 cm³/mol. The van der Waals surface area contributed by atoms with Crippen molar-refractivity contribution in [2.24, 2.45) is 0 Å². The van der Waals surface area contributed by atoms with Crippen molar-refractivity contribution in [2.45, 2.75) is 53.6 Å². The average molecular weight is 495 g/mol. The molecule has 0 bridgehead atoms. The average Bonchev–Trinajstić information content (AvgIpc) is 3.02. The zero-order valence-electron chi connectivity index (χ0n) is 21.4. The summed E-state index contributed by atoms with van der Waals surface area (Å²) in [4.78, 5) is 44.0. The minimum Gasteiger partial charge on any atom is -0.350 e. The highest BCUT2D eigenvalue weighted by atomic mass is 32.1. The molecule has 4 rings (SSSR count). The minimum atomic E-state index is -0.256. The molecule has 0 fully saturated rings. The van der Waals surface area contributed by atoms with E-state index in [-0.39, 0.29) is 30.8 Å². The SMILES string of the molecule is CCN(CC)Cc1nc(N(C)CC(=O)N2c3ccccc3NC(=O)C[C@H]2C)c2c(C)c(C)sc2n1. The number of nitrogens with zero attached hydrogens (tertiary/aromatic N) is 5. The molecule has 9 heteroatoms. The minimum absolute atomic E-state index is 0.0781. The maximum atomic E-state index is 13.7. The molecule has 0 spiro atoms. The van der Waals surface area contributed by atoms with E-state index in [4.69, 9.17) is 9.97 Å². The Hall–Kier alpha value is -3.04. The molecule has 186 valence electrons. The fraction of sp³-hybridized carbons (Fsp3) is 0.462. The van der Waals surface area contributed by atoms with Gasteiger partial charge in [0.2, 0.25) is 11.8 Å². The molecule has 0 unspecified atom stereocenters. The first kappa shape index (κ1) is 25.1. The van der Waals surface area contributed by atoms with Gasteiger partial charge in [0.05, 0.1) is 29.9 Å². The molecule has 0 radical (unpaired) electrons.